The maximum Gasteiger partial charge on any atom is 0.159 e. The summed E-state index contributed by atoms with van der Waals surface area (Å²) in [6, 6.07) is 0.150. The molecule has 18 heavy (non-hydrogen) atoms. The van der Waals surface area contributed by atoms with E-state index in [0.717, 1.165) is 18.0 Å². The molecule has 0 aromatic carbocycles. The van der Waals surface area contributed by atoms with E-state index in [9.17, 15) is 8.42 Å². The summed E-state index contributed by atoms with van der Waals surface area (Å²) in [4.78, 5) is 0. The Kier molecular flexibility index (Phi) is 4.85. The third kappa shape index (κ3) is 3.07. The van der Waals surface area contributed by atoms with E-state index in [1.165, 1.54) is 17.6 Å². The minimum absolute atomic E-state index is 0.150. The third-order valence-corrected chi connectivity index (χ3v) is 6.58. The quantitative estimate of drug-likeness (QED) is 0.866. The van der Waals surface area contributed by atoms with Crippen molar-refractivity contribution >= 4 is 21.2 Å². The van der Waals surface area contributed by atoms with E-state index in [2.05, 4.69) is 22.4 Å². The van der Waals surface area contributed by atoms with Gasteiger partial charge >= 0.3 is 0 Å². The molecule has 0 saturated heterocycles. The summed E-state index contributed by atoms with van der Waals surface area (Å²) in [6.07, 6.45) is 2.14. The predicted octanol–water partition coefficient (Wildman–Crippen LogP) is 1.88. The van der Waals surface area contributed by atoms with Gasteiger partial charge in [0.2, 0.25) is 0 Å². The molecule has 0 fully saturated rings. The van der Waals surface area contributed by atoms with Gasteiger partial charge in [-0.1, -0.05) is 25.2 Å². The molecule has 1 N–H and O–H groups in total. The summed E-state index contributed by atoms with van der Waals surface area (Å²) in [7, 11) is -3.20. The number of sulfone groups is 1. The smallest absolute Gasteiger partial charge is 0.159 e. The van der Waals surface area contributed by atoms with Crippen LogP contribution in [0.25, 0.3) is 0 Å². The van der Waals surface area contributed by atoms with Gasteiger partial charge in [0.1, 0.15) is 14.8 Å². The van der Waals surface area contributed by atoms with E-state index in [4.69, 9.17) is 0 Å². The van der Waals surface area contributed by atoms with E-state index in [1.807, 2.05) is 6.92 Å². The molecule has 0 aliphatic rings. The van der Waals surface area contributed by atoms with Gasteiger partial charge in [-0.3, -0.25) is 0 Å². The normalized spacial score (nSPS) is 14.7. The van der Waals surface area contributed by atoms with Crippen LogP contribution in [0.5, 0.6) is 0 Å². The summed E-state index contributed by atoms with van der Waals surface area (Å²) in [5.41, 5.74) is 0. The van der Waals surface area contributed by atoms with Crippen molar-refractivity contribution in [1.82, 2.24) is 15.5 Å². The summed E-state index contributed by atoms with van der Waals surface area (Å²) in [5.74, 6) is 0. The third-order valence-electron chi connectivity index (χ3n) is 3.04. The van der Waals surface area contributed by atoms with Crippen LogP contribution in [0, 0.1) is 0 Å². The van der Waals surface area contributed by atoms with Crippen LogP contribution >= 0.6 is 11.3 Å². The second-order valence-corrected chi connectivity index (χ2v) is 8.32. The minimum atomic E-state index is -3.20. The SMILES string of the molecule is CCNC(CC)c1nnc(C(C)(C)S(C)(=O)=O)s1. The van der Waals surface area contributed by atoms with E-state index in [1.54, 1.807) is 13.8 Å². The van der Waals surface area contributed by atoms with E-state index in [0.29, 0.717) is 5.01 Å². The Bertz CT molecular complexity index is 494. The van der Waals surface area contributed by atoms with Crippen LogP contribution in [0.4, 0.5) is 0 Å². The first-order valence-corrected chi connectivity index (χ1v) is 8.71. The molecule has 0 amide bonds. The van der Waals surface area contributed by atoms with Crippen molar-refractivity contribution in [1.29, 1.82) is 0 Å². The van der Waals surface area contributed by atoms with E-state index in [-0.39, 0.29) is 6.04 Å². The van der Waals surface area contributed by atoms with Gasteiger partial charge in [-0.25, -0.2) is 8.42 Å². The molecule has 7 heteroatoms. The lowest BCUT2D eigenvalue weighted by atomic mass is 10.2. The molecule has 1 unspecified atom stereocenters. The molecule has 1 aromatic heterocycles. The Balaban J connectivity index is 3.06. The van der Waals surface area contributed by atoms with Gasteiger partial charge in [0, 0.05) is 6.26 Å². The fourth-order valence-corrected chi connectivity index (χ4v) is 3.37. The maximum absolute atomic E-state index is 11.8. The van der Waals surface area contributed by atoms with Gasteiger partial charge in [-0.15, -0.1) is 10.2 Å². The Hall–Kier alpha value is -0.530. The van der Waals surface area contributed by atoms with Gasteiger partial charge in [0.25, 0.3) is 0 Å². The molecule has 0 bridgehead atoms. The van der Waals surface area contributed by atoms with Gasteiger partial charge in [0.05, 0.1) is 6.04 Å². The van der Waals surface area contributed by atoms with Crippen LogP contribution in [0.15, 0.2) is 0 Å². The number of hydrogen-bond donors (Lipinski definition) is 1. The van der Waals surface area contributed by atoms with Crippen molar-refractivity contribution < 1.29 is 8.42 Å². The molecule has 0 radical (unpaired) electrons. The van der Waals surface area contributed by atoms with Crippen molar-refractivity contribution in [2.75, 3.05) is 12.8 Å². The van der Waals surface area contributed by atoms with Crippen molar-refractivity contribution in [2.45, 2.75) is 44.9 Å². The Morgan fingerprint density at radius 1 is 1.33 bits per heavy atom. The van der Waals surface area contributed by atoms with Crippen molar-refractivity contribution in [2.24, 2.45) is 0 Å². The highest BCUT2D eigenvalue weighted by Crippen LogP contribution is 2.33. The molecule has 1 heterocycles. The number of rotatable bonds is 6. The van der Waals surface area contributed by atoms with Crippen LogP contribution in [-0.2, 0) is 14.6 Å². The largest absolute Gasteiger partial charge is 0.308 e. The first kappa shape index (κ1) is 15.5. The van der Waals surface area contributed by atoms with Crippen LogP contribution in [-0.4, -0.2) is 31.4 Å². The zero-order chi connectivity index (χ0) is 14.0. The molecule has 1 rings (SSSR count). The van der Waals surface area contributed by atoms with Gasteiger partial charge in [-0.05, 0) is 26.8 Å². The fraction of sp³-hybridized carbons (Fsp3) is 0.818. The molecule has 1 atom stereocenters. The predicted molar refractivity (Wildman–Crippen MR) is 74.5 cm³/mol. The van der Waals surface area contributed by atoms with Crippen LogP contribution in [0.1, 0.15) is 50.2 Å². The monoisotopic (exact) mass is 291 g/mol. The Labute approximate surface area is 113 Å². The Morgan fingerprint density at radius 2 is 1.94 bits per heavy atom. The first-order valence-electron chi connectivity index (χ1n) is 6.00. The van der Waals surface area contributed by atoms with Crippen molar-refractivity contribution in [3.63, 3.8) is 0 Å². The highest BCUT2D eigenvalue weighted by Gasteiger charge is 2.36. The first-order chi connectivity index (χ1) is 8.24. The number of hydrogen-bond acceptors (Lipinski definition) is 6. The summed E-state index contributed by atoms with van der Waals surface area (Å²) < 4.78 is 22.5. The van der Waals surface area contributed by atoms with Crippen molar-refractivity contribution in [3.8, 4) is 0 Å². The average Bonchev–Trinajstić information content (AvgIpc) is 2.73. The number of nitrogens with one attached hydrogen (secondary N) is 1. The van der Waals surface area contributed by atoms with Gasteiger partial charge in [-0.2, -0.15) is 0 Å². The maximum atomic E-state index is 11.8. The van der Waals surface area contributed by atoms with Crippen LogP contribution in [0.3, 0.4) is 0 Å². The highest BCUT2D eigenvalue weighted by atomic mass is 32.2. The zero-order valence-corrected chi connectivity index (χ0v) is 13.2. The Morgan fingerprint density at radius 3 is 2.39 bits per heavy atom. The summed E-state index contributed by atoms with van der Waals surface area (Å²) in [5, 5.41) is 12.9. The molecule has 0 aliphatic heterocycles. The lowest BCUT2D eigenvalue weighted by Gasteiger charge is -2.18. The topological polar surface area (TPSA) is 72.0 Å². The van der Waals surface area contributed by atoms with E-state index >= 15 is 0 Å². The highest BCUT2D eigenvalue weighted by molar-refractivity contribution is 7.91. The van der Waals surface area contributed by atoms with Crippen molar-refractivity contribution in [3.05, 3.63) is 10.0 Å². The number of nitrogens with zero attached hydrogens (tertiary/aromatic N) is 2. The zero-order valence-electron chi connectivity index (χ0n) is 11.5. The second-order valence-electron chi connectivity index (χ2n) is 4.75. The standard InChI is InChI=1S/C11H21N3O2S2/c1-6-8(12-7-2)9-13-14-10(17-9)11(3,4)18(5,15)16/h8,12H,6-7H2,1-5H3. The molecule has 0 aliphatic carbocycles. The molecular weight excluding hydrogens is 270 g/mol. The van der Waals surface area contributed by atoms with Crippen LogP contribution in [0.2, 0.25) is 0 Å². The van der Waals surface area contributed by atoms with Crippen LogP contribution < -0.4 is 5.32 Å². The molecule has 0 spiro atoms. The van der Waals surface area contributed by atoms with Gasteiger partial charge < -0.3 is 5.32 Å². The lowest BCUT2D eigenvalue weighted by molar-refractivity contribution is 0.530. The average molecular weight is 291 g/mol. The molecule has 104 valence electrons. The lowest BCUT2D eigenvalue weighted by Crippen LogP contribution is -2.27. The number of aromatic nitrogens is 2. The van der Waals surface area contributed by atoms with Gasteiger partial charge in [0.15, 0.2) is 9.84 Å². The second kappa shape index (κ2) is 5.63. The molecule has 5 nitrogen and oxygen atoms in total. The van der Waals surface area contributed by atoms with E-state index < -0.39 is 14.6 Å². The molecule has 0 saturated carbocycles. The fourth-order valence-electron chi connectivity index (χ4n) is 1.43. The summed E-state index contributed by atoms with van der Waals surface area (Å²) >= 11 is 1.38. The molecular formula is C11H21N3O2S2. The molecule has 1 aromatic rings. The summed E-state index contributed by atoms with van der Waals surface area (Å²) in [6.45, 7) is 8.28. The minimum Gasteiger partial charge on any atom is -0.308 e.